The highest BCUT2D eigenvalue weighted by Gasteiger charge is 2.11. The lowest BCUT2D eigenvalue weighted by molar-refractivity contribution is 0.0950. The zero-order valence-electron chi connectivity index (χ0n) is 11.1. The molecule has 5 heteroatoms. The van der Waals surface area contributed by atoms with E-state index >= 15 is 0 Å². The number of amides is 1. The van der Waals surface area contributed by atoms with Crippen LogP contribution in [0.5, 0.6) is 5.88 Å². The number of halogens is 1. The van der Waals surface area contributed by atoms with E-state index in [0.717, 1.165) is 12.0 Å². The molecule has 0 saturated heterocycles. The Hall–Kier alpha value is -2.07. The van der Waals surface area contributed by atoms with Crippen molar-refractivity contribution in [2.75, 3.05) is 13.7 Å². The Morgan fingerprint density at radius 2 is 2.20 bits per heavy atom. The smallest absolute Gasteiger partial charge is 0.256 e. The molecule has 0 radical (unpaired) electrons. The Morgan fingerprint density at radius 3 is 2.95 bits per heavy atom. The first-order valence-electron chi connectivity index (χ1n) is 6.22. The lowest BCUT2D eigenvalue weighted by Crippen LogP contribution is -2.26. The maximum absolute atomic E-state index is 12.0. The maximum atomic E-state index is 12.0. The molecule has 0 fully saturated rings. The first-order chi connectivity index (χ1) is 9.70. The predicted octanol–water partition coefficient (Wildman–Crippen LogP) is 2.72. The van der Waals surface area contributed by atoms with Crippen LogP contribution >= 0.6 is 11.6 Å². The van der Waals surface area contributed by atoms with Crippen LogP contribution in [0.1, 0.15) is 15.9 Å². The van der Waals surface area contributed by atoms with Crippen molar-refractivity contribution in [3.63, 3.8) is 0 Å². The molecule has 0 aliphatic rings. The standard InChI is InChI=1S/C15H15ClN2O2/c1-20-15-13(6-3-8-18-15)14(19)17-9-7-11-4-2-5-12(16)10-11/h2-6,8,10H,7,9H2,1H3,(H,17,19). The highest BCUT2D eigenvalue weighted by Crippen LogP contribution is 2.13. The third-order valence-corrected chi connectivity index (χ3v) is 3.03. The second-order valence-corrected chi connectivity index (χ2v) is 4.63. The second-order valence-electron chi connectivity index (χ2n) is 4.20. The molecule has 2 aromatic rings. The Labute approximate surface area is 122 Å². The van der Waals surface area contributed by atoms with Gasteiger partial charge in [0.2, 0.25) is 5.88 Å². The van der Waals surface area contributed by atoms with Gasteiger partial charge < -0.3 is 10.1 Å². The van der Waals surface area contributed by atoms with E-state index in [4.69, 9.17) is 16.3 Å². The molecule has 0 spiro atoms. The summed E-state index contributed by atoms with van der Waals surface area (Å²) < 4.78 is 5.06. The molecule has 2 rings (SSSR count). The monoisotopic (exact) mass is 290 g/mol. The number of hydrogen-bond donors (Lipinski definition) is 1. The highest BCUT2D eigenvalue weighted by atomic mass is 35.5. The molecule has 20 heavy (non-hydrogen) atoms. The number of methoxy groups -OCH3 is 1. The third kappa shape index (κ3) is 3.71. The van der Waals surface area contributed by atoms with Crippen molar-refractivity contribution in [1.29, 1.82) is 0 Å². The van der Waals surface area contributed by atoms with Crippen LogP contribution in [0, 0.1) is 0 Å². The first kappa shape index (κ1) is 14.3. The molecule has 104 valence electrons. The van der Waals surface area contributed by atoms with Crippen LogP contribution in [0.15, 0.2) is 42.6 Å². The van der Waals surface area contributed by atoms with Gasteiger partial charge in [0, 0.05) is 17.8 Å². The topological polar surface area (TPSA) is 51.2 Å². The summed E-state index contributed by atoms with van der Waals surface area (Å²) in [5.74, 6) is 0.129. The molecule has 0 saturated carbocycles. The number of nitrogens with one attached hydrogen (secondary N) is 1. The SMILES string of the molecule is COc1ncccc1C(=O)NCCc1cccc(Cl)c1. The van der Waals surface area contributed by atoms with Crippen LogP contribution in [0.4, 0.5) is 0 Å². The molecular formula is C15H15ClN2O2. The van der Waals surface area contributed by atoms with Crippen molar-refractivity contribution in [2.24, 2.45) is 0 Å². The summed E-state index contributed by atoms with van der Waals surface area (Å²) in [5.41, 5.74) is 1.51. The number of nitrogens with zero attached hydrogens (tertiary/aromatic N) is 1. The van der Waals surface area contributed by atoms with Crippen LogP contribution in [0.2, 0.25) is 5.02 Å². The third-order valence-electron chi connectivity index (χ3n) is 2.80. The van der Waals surface area contributed by atoms with Crippen molar-refractivity contribution in [3.05, 3.63) is 58.7 Å². The predicted molar refractivity (Wildman–Crippen MR) is 78.3 cm³/mol. The normalized spacial score (nSPS) is 10.1. The van der Waals surface area contributed by atoms with Gasteiger partial charge in [-0.2, -0.15) is 0 Å². The van der Waals surface area contributed by atoms with E-state index in [1.807, 2.05) is 24.3 Å². The van der Waals surface area contributed by atoms with E-state index in [0.29, 0.717) is 23.0 Å². The van der Waals surface area contributed by atoms with Crippen molar-refractivity contribution in [2.45, 2.75) is 6.42 Å². The zero-order chi connectivity index (χ0) is 14.4. The molecule has 1 heterocycles. The van der Waals surface area contributed by atoms with Gasteiger partial charge in [-0.1, -0.05) is 23.7 Å². The Bertz CT molecular complexity index is 602. The van der Waals surface area contributed by atoms with E-state index in [9.17, 15) is 4.79 Å². The quantitative estimate of drug-likeness (QED) is 0.921. The number of hydrogen-bond acceptors (Lipinski definition) is 3. The van der Waals surface area contributed by atoms with Gasteiger partial charge in [0.05, 0.1) is 7.11 Å². The minimum absolute atomic E-state index is 0.197. The maximum Gasteiger partial charge on any atom is 0.256 e. The molecule has 0 bridgehead atoms. The highest BCUT2D eigenvalue weighted by molar-refractivity contribution is 6.30. The zero-order valence-corrected chi connectivity index (χ0v) is 11.9. The van der Waals surface area contributed by atoms with Crippen molar-refractivity contribution in [1.82, 2.24) is 10.3 Å². The number of carbonyl (C=O) groups excluding carboxylic acids is 1. The number of pyridine rings is 1. The van der Waals surface area contributed by atoms with Gasteiger partial charge in [0.1, 0.15) is 5.56 Å². The largest absolute Gasteiger partial charge is 0.480 e. The molecule has 0 unspecified atom stereocenters. The number of aromatic nitrogens is 1. The first-order valence-corrected chi connectivity index (χ1v) is 6.60. The molecule has 0 aliphatic carbocycles. The fourth-order valence-corrected chi connectivity index (χ4v) is 2.05. The molecule has 4 nitrogen and oxygen atoms in total. The van der Waals surface area contributed by atoms with Crippen LogP contribution in [-0.4, -0.2) is 24.5 Å². The minimum atomic E-state index is -0.197. The van der Waals surface area contributed by atoms with E-state index < -0.39 is 0 Å². The van der Waals surface area contributed by atoms with E-state index in [1.165, 1.54) is 7.11 Å². The fraction of sp³-hybridized carbons (Fsp3) is 0.200. The molecule has 1 amide bonds. The van der Waals surface area contributed by atoms with Gasteiger partial charge >= 0.3 is 0 Å². The summed E-state index contributed by atoms with van der Waals surface area (Å²) in [5, 5.41) is 3.54. The number of ether oxygens (including phenoxy) is 1. The molecular weight excluding hydrogens is 276 g/mol. The molecule has 0 atom stereocenters. The Morgan fingerprint density at radius 1 is 1.35 bits per heavy atom. The van der Waals surface area contributed by atoms with Crippen LogP contribution in [-0.2, 0) is 6.42 Å². The van der Waals surface area contributed by atoms with Gasteiger partial charge in [-0.3, -0.25) is 4.79 Å². The van der Waals surface area contributed by atoms with Crippen LogP contribution < -0.4 is 10.1 Å². The molecule has 1 aromatic carbocycles. The van der Waals surface area contributed by atoms with Gasteiger partial charge in [-0.15, -0.1) is 0 Å². The van der Waals surface area contributed by atoms with Crippen molar-refractivity contribution in [3.8, 4) is 5.88 Å². The van der Waals surface area contributed by atoms with E-state index in [2.05, 4.69) is 10.3 Å². The Kier molecular flexibility index (Phi) is 4.96. The fourth-order valence-electron chi connectivity index (χ4n) is 1.83. The lowest BCUT2D eigenvalue weighted by atomic mass is 10.1. The molecule has 1 aromatic heterocycles. The summed E-state index contributed by atoms with van der Waals surface area (Å²) in [4.78, 5) is 16.0. The number of carbonyl (C=O) groups is 1. The molecule has 1 N–H and O–H groups in total. The lowest BCUT2D eigenvalue weighted by Gasteiger charge is -2.08. The van der Waals surface area contributed by atoms with E-state index in [1.54, 1.807) is 18.3 Å². The number of rotatable bonds is 5. The van der Waals surface area contributed by atoms with Gasteiger partial charge in [0.25, 0.3) is 5.91 Å². The van der Waals surface area contributed by atoms with Gasteiger partial charge in [-0.05, 0) is 36.2 Å². The van der Waals surface area contributed by atoms with E-state index in [-0.39, 0.29) is 5.91 Å². The summed E-state index contributed by atoms with van der Waals surface area (Å²) in [6.45, 7) is 0.525. The molecule has 0 aliphatic heterocycles. The van der Waals surface area contributed by atoms with Crippen molar-refractivity contribution >= 4 is 17.5 Å². The van der Waals surface area contributed by atoms with Crippen LogP contribution in [0.3, 0.4) is 0 Å². The van der Waals surface area contributed by atoms with Gasteiger partial charge in [-0.25, -0.2) is 4.98 Å². The van der Waals surface area contributed by atoms with Crippen LogP contribution in [0.25, 0.3) is 0 Å². The Balaban J connectivity index is 1.92. The average molecular weight is 291 g/mol. The average Bonchev–Trinajstić information content (AvgIpc) is 2.47. The van der Waals surface area contributed by atoms with Gasteiger partial charge in [0.15, 0.2) is 0 Å². The summed E-state index contributed by atoms with van der Waals surface area (Å²) >= 11 is 5.91. The van der Waals surface area contributed by atoms with Crippen molar-refractivity contribution < 1.29 is 9.53 Å². The summed E-state index contributed by atoms with van der Waals surface area (Å²) in [6, 6.07) is 11.0. The number of benzene rings is 1. The summed E-state index contributed by atoms with van der Waals surface area (Å²) in [7, 11) is 1.49. The minimum Gasteiger partial charge on any atom is -0.480 e. The summed E-state index contributed by atoms with van der Waals surface area (Å²) in [6.07, 6.45) is 2.30. The second kappa shape index (κ2) is 6.91.